The number of amides is 2. The summed E-state index contributed by atoms with van der Waals surface area (Å²) < 4.78 is 0. The van der Waals surface area contributed by atoms with Crippen LogP contribution in [0.1, 0.15) is 26.3 Å². The lowest BCUT2D eigenvalue weighted by Crippen LogP contribution is -2.29. The fraction of sp³-hybridized carbons (Fsp3) is 0.0667. The van der Waals surface area contributed by atoms with Crippen molar-refractivity contribution >= 4 is 23.2 Å². The lowest BCUT2D eigenvalue weighted by molar-refractivity contribution is -0.384. The molecule has 1 heterocycles. The quantitative estimate of drug-likeness (QED) is 0.482. The second-order valence-electron chi connectivity index (χ2n) is 4.77. The van der Waals surface area contributed by atoms with Crippen molar-refractivity contribution in [3.05, 3.63) is 69.3 Å². The zero-order valence-electron chi connectivity index (χ0n) is 11.1. The van der Waals surface area contributed by atoms with E-state index in [2.05, 4.69) is 0 Å². The van der Waals surface area contributed by atoms with E-state index in [1.165, 1.54) is 24.3 Å². The van der Waals surface area contributed by atoms with Gasteiger partial charge in [-0.2, -0.15) is 0 Å². The summed E-state index contributed by atoms with van der Waals surface area (Å²) in [4.78, 5) is 35.8. The van der Waals surface area contributed by atoms with Gasteiger partial charge < -0.3 is 0 Å². The smallest absolute Gasteiger partial charge is 0.268 e. The summed E-state index contributed by atoms with van der Waals surface area (Å²) in [6, 6.07) is 10.4. The number of imide groups is 1. The molecule has 0 fully saturated rings. The summed E-state index contributed by atoms with van der Waals surface area (Å²) in [5.41, 5.74) is 1.83. The summed E-state index contributed by atoms with van der Waals surface area (Å²) in [6.45, 7) is 1.84. The van der Waals surface area contributed by atoms with Crippen LogP contribution in [0.15, 0.2) is 42.5 Å². The molecule has 0 saturated heterocycles. The number of aryl methyl sites for hydroxylation is 1. The van der Waals surface area contributed by atoms with Crippen molar-refractivity contribution in [3.8, 4) is 0 Å². The number of non-ortho nitro benzene ring substituents is 1. The number of carbonyl (C=O) groups excluding carboxylic acids is 2. The van der Waals surface area contributed by atoms with Crippen molar-refractivity contribution in [2.24, 2.45) is 0 Å². The number of rotatable bonds is 2. The number of nitro groups is 1. The van der Waals surface area contributed by atoms with Gasteiger partial charge in [0.1, 0.15) is 0 Å². The summed E-state index contributed by atoms with van der Waals surface area (Å²) in [6.07, 6.45) is 0. The second-order valence-corrected chi connectivity index (χ2v) is 4.77. The Morgan fingerprint density at radius 3 is 2.19 bits per heavy atom. The van der Waals surface area contributed by atoms with Crippen molar-refractivity contribution < 1.29 is 14.5 Å². The molecule has 0 atom stereocenters. The van der Waals surface area contributed by atoms with E-state index in [4.69, 9.17) is 0 Å². The van der Waals surface area contributed by atoms with Gasteiger partial charge in [0.25, 0.3) is 17.5 Å². The van der Waals surface area contributed by atoms with E-state index in [1.54, 1.807) is 18.2 Å². The number of benzene rings is 2. The molecule has 3 rings (SSSR count). The van der Waals surface area contributed by atoms with Gasteiger partial charge in [0.05, 0.1) is 21.7 Å². The van der Waals surface area contributed by atoms with Crippen LogP contribution in [0.5, 0.6) is 0 Å². The van der Waals surface area contributed by atoms with Gasteiger partial charge in [-0.3, -0.25) is 19.7 Å². The first kappa shape index (κ1) is 13.0. The second kappa shape index (κ2) is 4.52. The van der Waals surface area contributed by atoms with Crippen LogP contribution < -0.4 is 4.90 Å². The molecule has 6 heteroatoms. The molecular formula is C15H10N2O4. The van der Waals surface area contributed by atoms with Crippen LogP contribution in [0.2, 0.25) is 0 Å². The molecule has 2 amide bonds. The van der Waals surface area contributed by atoms with E-state index in [-0.39, 0.29) is 5.69 Å². The number of anilines is 1. The average Bonchev–Trinajstić information content (AvgIpc) is 2.70. The molecule has 1 aliphatic heterocycles. The minimum atomic E-state index is -0.532. The minimum Gasteiger partial charge on any atom is -0.268 e. The van der Waals surface area contributed by atoms with Crippen LogP contribution in [-0.4, -0.2) is 16.7 Å². The maximum Gasteiger partial charge on any atom is 0.269 e. The van der Waals surface area contributed by atoms with Crippen LogP contribution in [0.25, 0.3) is 0 Å². The van der Waals surface area contributed by atoms with Crippen molar-refractivity contribution in [2.75, 3.05) is 4.90 Å². The normalized spacial score (nSPS) is 13.5. The molecule has 2 aromatic rings. The molecule has 21 heavy (non-hydrogen) atoms. The average molecular weight is 282 g/mol. The first-order chi connectivity index (χ1) is 9.99. The molecule has 0 aliphatic carbocycles. The van der Waals surface area contributed by atoms with Crippen LogP contribution >= 0.6 is 0 Å². The Morgan fingerprint density at radius 2 is 1.57 bits per heavy atom. The predicted octanol–water partition coefficient (Wildman–Crippen LogP) is 2.70. The minimum absolute atomic E-state index is 0.0915. The van der Waals surface area contributed by atoms with E-state index < -0.39 is 16.7 Å². The SMILES string of the molecule is Cc1ccc2c(c1)C(=O)N(c1ccc([N+](=O)[O-])cc1)C2=O. The van der Waals surface area contributed by atoms with E-state index in [1.807, 2.05) is 6.92 Å². The molecule has 0 radical (unpaired) electrons. The summed E-state index contributed by atoms with van der Waals surface area (Å²) >= 11 is 0. The summed E-state index contributed by atoms with van der Waals surface area (Å²) in [5.74, 6) is -0.823. The molecule has 1 aliphatic rings. The maximum atomic E-state index is 12.3. The van der Waals surface area contributed by atoms with Gasteiger partial charge in [0, 0.05) is 12.1 Å². The van der Waals surface area contributed by atoms with Crippen molar-refractivity contribution in [3.63, 3.8) is 0 Å². The molecule has 0 bridgehead atoms. The van der Waals surface area contributed by atoms with E-state index in [9.17, 15) is 19.7 Å². The molecule has 0 aromatic heterocycles. The zero-order chi connectivity index (χ0) is 15.1. The molecule has 2 aromatic carbocycles. The highest BCUT2D eigenvalue weighted by atomic mass is 16.6. The molecule has 0 N–H and O–H groups in total. The van der Waals surface area contributed by atoms with Gasteiger partial charge in [0.15, 0.2) is 0 Å². The van der Waals surface area contributed by atoms with Gasteiger partial charge >= 0.3 is 0 Å². The standard InChI is InChI=1S/C15H10N2O4/c1-9-2-7-12-13(8-9)15(19)16(14(12)18)10-3-5-11(6-4-10)17(20)21/h2-8H,1H3. The number of nitro benzene ring substituents is 1. The highest BCUT2D eigenvalue weighted by Crippen LogP contribution is 2.29. The first-order valence-corrected chi connectivity index (χ1v) is 6.23. The molecule has 0 saturated carbocycles. The van der Waals surface area contributed by atoms with Crippen molar-refractivity contribution in [2.45, 2.75) is 6.92 Å². The molecule has 104 valence electrons. The summed E-state index contributed by atoms with van der Waals surface area (Å²) in [5, 5.41) is 10.6. The number of fused-ring (bicyclic) bond motifs is 1. The van der Waals surface area contributed by atoms with Gasteiger partial charge in [-0.15, -0.1) is 0 Å². The number of carbonyl (C=O) groups is 2. The number of hydrogen-bond acceptors (Lipinski definition) is 4. The third kappa shape index (κ3) is 1.97. The van der Waals surface area contributed by atoms with Crippen LogP contribution in [0.4, 0.5) is 11.4 Å². The monoisotopic (exact) mass is 282 g/mol. The fourth-order valence-electron chi connectivity index (χ4n) is 2.31. The Morgan fingerprint density at radius 1 is 0.952 bits per heavy atom. The first-order valence-electron chi connectivity index (χ1n) is 6.23. The molecular weight excluding hydrogens is 272 g/mol. The lowest BCUT2D eigenvalue weighted by atomic mass is 10.1. The Balaban J connectivity index is 2.03. The fourth-order valence-corrected chi connectivity index (χ4v) is 2.31. The zero-order valence-corrected chi connectivity index (χ0v) is 11.1. The topological polar surface area (TPSA) is 80.5 Å². The largest absolute Gasteiger partial charge is 0.269 e. The maximum absolute atomic E-state index is 12.3. The molecule has 0 spiro atoms. The van der Waals surface area contributed by atoms with E-state index in [0.29, 0.717) is 16.8 Å². The van der Waals surface area contributed by atoms with E-state index in [0.717, 1.165) is 10.5 Å². The van der Waals surface area contributed by atoms with Crippen molar-refractivity contribution in [1.82, 2.24) is 0 Å². The van der Waals surface area contributed by atoms with Crippen LogP contribution in [0, 0.1) is 17.0 Å². The Hall–Kier alpha value is -3.02. The number of hydrogen-bond donors (Lipinski definition) is 0. The highest BCUT2D eigenvalue weighted by Gasteiger charge is 2.36. The molecule has 0 unspecified atom stereocenters. The van der Waals surface area contributed by atoms with Gasteiger partial charge in [-0.1, -0.05) is 11.6 Å². The molecule has 6 nitrogen and oxygen atoms in total. The highest BCUT2D eigenvalue weighted by molar-refractivity contribution is 6.34. The predicted molar refractivity (Wildman–Crippen MR) is 75.4 cm³/mol. The van der Waals surface area contributed by atoms with Gasteiger partial charge in [-0.05, 0) is 31.2 Å². The van der Waals surface area contributed by atoms with Gasteiger partial charge in [0.2, 0.25) is 0 Å². The van der Waals surface area contributed by atoms with E-state index >= 15 is 0 Å². The Bertz CT molecular complexity index is 781. The van der Waals surface area contributed by atoms with Gasteiger partial charge in [-0.25, -0.2) is 4.90 Å². The third-order valence-electron chi connectivity index (χ3n) is 3.36. The lowest BCUT2D eigenvalue weighted by Gasteiger charge is -2.13. The summed E-state index contributed by atoms with van der Waals surface area (Å²) in [7, 11) is 0. The van der Waals surface area contributed by atoms with Crippen LogP contribution in [0.3, 0.4) is 0 Å². The van der Waals surface area contributed by atoms with Crippen molar-refractivity contribution in [1.29, 1.82) is 0 Å². The Kier molecular flexibility index (Phi) is 2.79. The third-order valence-corrected chi connectivity index (χ3v) is 3.36. The number of nitrogens with zero attached hydrogens (tertiary/aromatic N) is 2. The van der Waals surface area contributed by atoms with Crippen LogP contribution in [-0.2, 0) is 0 Å². The Labute approximate surface area is 119 Å².